The summed E-state index contributed by atoms with van der Waals surface area (Å²) in [4.78, 5) is 19.8. The minimum absolute atomic E-state index is 0.216. The van der Waals surface area contributed by atoms with Crippen LogP contribution in [0.1, 0.15) is 32.1 Å². The number of carbonyl (C=O) groups is 1. The highest BCUT2D eigenvalue weighted by atomic mass is 32.2. The number of nitrogens with zero attached hydrogens (tertiary/aromatic N) is 3. The van der Waals surface area contributed by atoms with Crippen molar-refractivity contribution in [1.29, 1.82) is 0 Å². The van der Waals surface area contributed by atoms with Crippen LogP contribution in [0.4, 0.5) is 11.5 Å². The van der Waals surface area contributed by atoms with Crippen LogP contribution in [0.15, 0.2) is 53.6 Å². The number of carbonyl (C=O) groups excluding carboxylic acids is 1. The lowest BCUT2D eigenvalue weighted by molar-refractivity contribution is -0.120. The molecule has 0 radical (unpaired) electrons. The van der Waals surface area contributed by atoms with Gasteiger partial charge in [0.05, 0.1) is 16.8 Å². The number of pyridine rings is 1. The van der Waals surface area contributed by atoms with Crippen molar-refractivity contribution >= 4 is 27.4 Å². The van der Waals surface area contributed by atoms with Gasteiger partial charge < -0.3 is 10.2 Å². The quantitative estimate of drug-likeness (QED) is 0.814. The molecule has 1 aromatic carbocycles. The minimum Gasteiger partial charge on any atom is -0.370 e. The molecule has 2 aliphatic rings. The minimum atomic E-state index is -3.72. The van der Waals surface area contributed by atoms with Crippen molar-refractivity contribution in [3.8, 4) is 0 Å². The van der Waals surface area contributed by atoms with Crippen molar-refractivity contribution in [2.45, 2.75) is 43.0 Å². The highest BCUT2D eigenvalue weighted by Crippen LogP contribution is 2.26. The van der Waals surface area contributed by atoms with E-state index < -0.39 is 16.1 Å². The SMILES string of the molecule is O=C(Nc1ccc(N2CCCC2)cn1)C1CCCCN1S(=O)(=O)c1ccccc1. The van der Waals surface area contributed by atoms with Gasteiger partial charge in [0.25, 0.3) is 0 Å². The average Bonchev–Trinajstić information content (AvgIpc) is 3.30. The summed E-state index contributed by atoms with van der Waals surface area (Å²) in [6.07, 6.45) is 6.21. The zero-order chi connectivity index (χ0) is 20.3. The summed E-state index contributed by atoms with van der Waals surface area (Å²) in [5, 5.41) is 2.81. The van der Waals surface area contributed by atoms with Crippen molar-refractivity contribution in [2.24, 2.45) is 0 Å². The largest absolute Gasteiger partial charge is 0.370 e. The van der Waals surface area contributed by atoms with Crippen molar-refractivity contribution in [1.82, 2.24) is 9.29 Å². The Morgan fingerprint density at radius 2 is 1.69 bits per heavy atom. The molecule has 1 unspecified atom stereocenters. The number of rotatable bonds is 5. The van der Waals surface area contributed by atoms with Gasteiger partial charge in [-0.1, -0.05) is 24.6 Å². The molecule has 4 rings (SSSR count). The first kappa shape index (κ1) is 19.8. The van der Waals surface area contributed by atoms with E-state index in [9.17, 15) is 13.2 Å². The number of aromatic nitrogens is 1. The van der Waals surface area contributed by atoms with Crippen LogP contribution >= 0.6 is 0 Å². The second kappa shape index (κ2) is 8.51. The molecule has 29 heavy (non-hydrogen) atoms. The maximum absolute atomic E-state index is 13.1. The van der Waals surface area contributed by atoms with Crippen LogP contribution in [0, 0.1) is 0 Å². The molecule has 0 saturated carbocycles. The number of benzene rings is 1. The Balaban J connectivity index is 1.49. The number of amides is 1. The smallest absolute Gasteiger partial charge is 0.243 e. The molecule has 0 bridgehead atoms. The molecule has 0 spiro atoms. The van der Waals surface area contributed by atoms with E-state index in [2.05, 4.69) is 15.2 Å². The second-order valence-corrected chi connectivity index (χ2v) is 9.42. The third-order valence-electron chi connectivity index (χ3n) is 5.58. The van der Waals surface area contributed by atoms with Crippen LogP contribution < -0.4 is 10.2 Å². The number of piperidine rings is 1. The van der Waals surface area contributed by atoms with E-state index in [1.165, 1.54) is 17.1 Å². The van der Waals surface area contributed by atoms with E-state index in [4.69, 9.17) is 0 Å². The highest BCUT2D eigenvalue weighted by Gasteiger charge is 2.37. The highest BCUT2D eigenvalue weighted by molar-refractivity contribution is 7.89. The Kier molecular flexibility index (Phi) is 5.82. The van der Waals surface area contributed by atoms with Crippen molar-refractivity contribution in [3.05, 3.63) is 48.7 Å². The Bertz CT molecular complexity index is 942. The lowest BCUT2D eigenvalue weighted by atomic mass is 10.0. The van der Waals surface area contributed by atoms with Gasteiger partial charge >= 0.3 is 0 Å². The zero-order valence-corrected chi connectivity index (χ0v) is 17.1. The molecule has 2 aliphatic heterocycles. The first-order valence-corrected chi connectivity index (χ1v) is 11.6. The Morgan fingerprint density at radius 1 is 0.966 bits per heavy atom. The van der Waals surface area contributed by atoms with E-state index in [1.807, 2.05) is 6.07 Å². The molecule has 1 atom stereocenters. The van der Waals surface area contributed by atoms with Crippen LogP contribution in [-0.2, 0) is 14.8 Å². The molecule has 2 aromatic rings. The number of nitrogens with one attached hydrogen (secondary N) is 1. The fourth-order valence-electron chi connectivity index (χ4n) is 4.01. The summed E-state index contributed by atoms with van der Waals surface area (Å²) in [6, 6.07) is 11.3. The molecular formula is C21H26N4O3S. The van der Waals surface area contributed by atoms with Gasteiger partial charge in [-0.2, -0.15) is 4.31 Å². The summed E-state index contributed by atoms with van der Waals surface area (Å²) in [7, 11) is -3.72. The monoisotopic (exact) mass is 414 g/mol. The van der Waals surface area contributed by atoms with Crippen molar-refractivity contribution in [2.75, 3.05) is 29.9 Å². The van der Waals surface area contributed by atoms with E-state index >= 15 is 0 Å². The van der Waals surface area contributed by atoms with E-state index in [-0.39, 0.29) is 10.8 Å². The molecule has 7 nitrogen and oxygen atoms in total. The normalized spacial score (nSPS) is 20.6. The molecular weight excluding hydrogens is 388 g/mol. The molecule has 8 heteroatoms. The number of anilines is 2. The van der Waals surface area contributed by atoms with Gasteiger partial charge in [-0.15, -0.1) is 0 Å². The van der Waals surface area contributed by atoms with Gasteiger partial charge in [0, 0.05) is 19.6 Å². The number of hydrogen-bond acceptors (Lipinski definition) is 5. The van der Waals surface area contributed by atoms with Crippen molar-refractivity contribution in [3.63, 3.8) is 0 Å². The Labute approximate surface area is 171 Å². The van der Waals surface area contributed by atoms with Crippen LogP contribution in [0.5, 0.6) is 0 Å². The van der Waals surface area contributed by atoms with Gasteiger partial charge in [-0.05, 0) is 49.9 Å². The summed E-state index contributed by atoms with van der Waals surface area (Å²) >= 11 is 0. The molecule has 1 N–H and O–H groups in total. The summed E-state index contributed by atoms with van der Waals surface area (Å²) in [5.74, 6) is 0.117. The topological polar surface area (TPSA) is 82.6 Å². The fraction of sp³-hybridized carbons (Fsp3) is 0.429. The maximum atomic E-state index is 13.1. The predicted molar refractivity (Wildman–Crippen MR) is 112 cm³/mol. The molecule has 3 heterocycles. The summed E-state index contributed by atoms with van der Waals surface area (Å²) in [5.41, 5.74) is 1.05. The number of hydrogen-bond donors (Lipinski definition) is 1. The molecule has 2 saturated heterocycles. The van der Waals surface area contributed by atoms with Crippen molar-refractivity contribution < 1.29 is 13.2 Å². The average molecular weight is 415 g/mol. The van der Waals surface area contributed by atoms with Crippen LogP contribution in [0.3, 0.4) is 0 Å². The molecule has 1 amide bonds. The Hall–Kier alpha value is -2.45. The Morgan fingerprint density at radius 3 is 2.38 bits per heavy atom. The molecule has 2 fully saturated rings. The standard InChI is InChI=1S/C21H26N4O3S/c26-21(23-20-12-11-17(16-22-20)24-13-6-7-14-24)19-10-4-5-15-25(19)29(27,28)18-8-2-1-3-9-18/h1-3,8-9,11-12,16,19H,4-7,10,13-15H2,(H,22,23,26). The van der Waals surface area contributed by atoms with E-state index in [0.717, 1.165) is 31.6 Å². The molecule has 0 aliphatic carbocycles. The molecule has 154 valence electrons. The lowest BCUT2D eigenvalue weighted by Crippen LogP contribution is -2.49. The fourth-order valence-corrected chi connectivity index (χ4v) is 5.69. The van der Waals surface area contributed by atoms with Gasteiger partial charge in [0.15, 0.2) is 0 Å². The zero-order valence-electron chi connectivity index (χ0n) is 16.3. The van der Waals surface area contributed by atoms with E-state index in [0.29, 0.717) is 18.8 Å². The predicted octanol–water partition coefficient (Wildman–Crippen LogP) is 2.86. The third kappa shape index (κ3) is 4.28. The second-order valence-electron chi connectivity index (χ2n) is 7.53. The first-order chi connectivity index (χ1) is 14.1. The maximum Gasteiger partial charge on any atom is 0.243 e. The van der Waals surface area contributed by atoms with Crippen LogP contribution in [0.2, 0.25) is 0 Å². The molecule has 1 aromatic heterocycles. The van der Waals surface area contributed by atoms with Gasteiger partial charge in [-0.3, -0.25) is 4.79 Å². The van der Waals surface area contributed by atoms with Gasteiger partial charge in [0.1, 0.15) is 11.9 Å². The summed E-state index contributed by atoms with van der Waals surface area (Å²) < 4.78 is 27.5. The first-order valence-electron chi connectivity index (χ1n) is 10.1. The van der Waals surface area contributed by atoms with Crippen LogP contribution in [-0.4, -0.2) is 49.3 Å². The van der Waals surface area contributed by atoms with E-state index in [1.54, 1.807) is 42.6 Å². The van der Waals surface area contributed by atoms with Gasteiger partial charge in [0.2, 0.25) is 15.9 Å². The van der Waals surface area contributed by atoms with Gasteiger partial charge in [-0.25, -0.2) is 13.4 Å². The lowest BCUT2D eigenvalue weighted by Gasteiger charge is -2.33. The number of sulfonamides is 1. The third-order valence-corrected chi connectivity index (χ3v) is 7.50. The van der Waals surface area contributed by atoms with Crippen LogP contribution in [0.25, 0.3) is 0 Å². The summed E-state index contributed by atoms with van der Waals surface area (Å²) in [6.45, 7) is 2.40.